The quantitative estimate of drug-likeness (QED) is 0.853. The van der Waals surface area contributed by atoms with Gasteiger partial charge in [-0.2, -0.15) is 0 Å². The van der Waals surface area contributed by atoms with E-state index in [0.717, 1.165) is 17.9 Å². The van der Waals surface area contributed by atoms with Crippen LogP contribution in [0.4, 0.5) is 5.82 Å². The lowest BCUT2D eigenvalue weighted by Gasteiger charge is -2.32. The number of pyridine rings is 1. The van der Waals surface area contributed by atoms with Crippen molar-refractivity contribution in [2.45, 2.75) is 32.4 Å². The molecule has 0 amide bonds. The van der Waals surface area contributed by atoms with E-state index in [1.54, 1.807) is 4.90 Å². The van der Waals surface area contributed by atoms with E-state index in [0.29, 0.717) is 16.5 Å². The number of hydrogen-bond acceptors (Lipinski definition) is 4. The van der Waals surface area contributed by atoms with Gasteiger partial charge in [-0.05, 0) is 25.0 Å². The molecule has 0 bridgehead atoms. The molecule has 3 nitrogen and oxygen atoms in total. The number of anilines is 1. The Kier molecular flexibility index (Phi) is 3.70. The number of aliphatic hydroxyl groups is 1. The molecular formula is C12H16N2OS2. The van der Waals surface area contributed by atoms with Gasteiger partial charge in [0.05, 0.1) is 0 Å². The lowest BCUT2D eigenvalue weighted by atomic mass is 10.1. The Morgan fingerprint density at radius 2 is 2.29 bits per heavy atom. The van der Waals surface area contributed by atoms with Crippen LogP contribution in [0.15, 0.2) is 18.2 Å². The third kappa shape index (κ3) is 2.32. The normalized spacial score (nSPS) is 24.4. The predicted molar refractivity (Wildman–Crippen MR) is 76.4 cm³/mol. The van der Waals surface area contributed by atoms with E-state index in [2.05, 4.69) is 11.9 Å². The van der Waals surface area contributed by atoms with E-state index in [4.69, 9.17) is 12.2 Å². The van der Waals surface area contributed by atoms with Gasteiger partial charge in [-0.25, -0.2) is 4.98 Å². The minimum atomic E-state index is -0.888. The van der Waals surface area contributed by atoms with Crippen LogP contribution in [0.5, 0.6) is 0 Å². The smallest absolute Gasteiger partial charge is 0.153 e. The Morgan fingerprint density at radius 1 is 1.53 bits per heavy atom. The molecule has 1 unspecified atom stereocenters. The second-order valence-corrected chi connectivity index (χ2v) is 5.68. The maximum atomic E-state index is 10.5. The summed E-state index contributed by atoms with van der Waals surface area (Å²) in [7, 11) is 0. The van der Waals surface area contributed by atoms with Crippen LogP contribution in [0.25, 0.3) is 0 Å². The van der Waals surface area contributed by atoms with Gasteiger partial charge in [-0.15, -0.1) is 0 Å². The van der Waals surface area contributed by atoms with E-state index in [1.165, 1.54) is 11.8 Å². The lowest BCUT2D eigenvalue weighted by Crippen LogP contribution is -2.47. The molecule has 2 rings (SSSR count). The molecule has 0 aromatic carbocycles. The molecule has 1 atom stereocenters. The van der Waals surface area contributed by atoms with Crippen molar-refractivity contribution in [1.29, 1.82) is 0 Å². The average Bonchev–Trinajstić information content (AvgIpc) is 2.66. The first-order valence-electron chi connectivity index (χ1n) is 5.76. The highest BCUT2D eigenvalue weighted by Crippen LogP contribution is 2.37. The molecule has 0 saturated carbocycles. The molecule has 0 radical (unpaired) electrons. The van der Waals surface area contributed by atoms with Gasteiger partial charge in [-0.1, -0.05) is 43.9 Å². The predicted octanol–water partition coefficient (Wildman–Crippen LogP) is 2.58. The highest BCUT2D eigenvalue weighted by molar-refractivity contribution is 8.23. The summed E-state index contributed by atoms with van der Waals surface area (Å²) in [6, 6.07) is 5.85. The Hall–Kier alpha value is -0.650. The highest BCUT2D eigenvalue weighted by Gasteiger charge is 2.42. The molecule has 92 valence electrons. The molecule has 1 aromatic rings. The van der Waals surface area contributed by atoms with E-state index < -0.39 is 5.72 Å². The molecule has 0 spiro atoms. The molecule has 17 heavy (non-hydrogen) atoms. The van der Waals surface area contributed by atoms with E-state index in [-0.39, 0.29) is 0 Å². The van der Waals surface area contributed by atoms with Gasteiger partial charge < -0.3 is 5.11 Å². The van der Waals surface area contributed by atoms with Crippen LogP contribution in [0.2, 0.25) is 0 Å². The summed E-state index contributed by atoms with van der Waals surface area (Å²) in [5.74, 6) is 1.36. The third-order valence-electron chi connectivity index (χ3n) is 2.98. The maximum absolute atomic E-state index is 10.5. The second-order valence-electron chi connectivity index (χ2n) is 4.07. The van der Waals surface area contributed by atoms with Crippen molar-refractivity contribution in [2.24, 2.45) is 0 Å². The zero-order chi connectivity index (χ0) is 12.5. The first-order valence-corrected chi connectivity index (χ1v) is 7.15. The molecule has 2 heterocycles. The fraction of sp³-hybridized carbons (Fsp3) is 0.500. The van der Waals surface area contributed by atoms with Gasteiger partial charge in [-0.3, -0.25) is 4.90 Å². The number of aromatic nitrogens is 1. The fourth-order valence-electron chi connectivity index (χ4n) is 1.83. The summed E-state index contributed by atoms with van der Waals surface area (Å²) >= 11 is 6.82. The number of aryl methyl sites for hydroxylation is 1. The van der Waals surface area contributed by atoms with Crippen LogP contribution in [0, 0.1) is 0 Å². The van der Waals surface area contributed by atoms with Crippen molar-refractivity contribution in [2.75, 3.05) is 10.7 Å². The summed E-state index contributed by atoms with van der Waals surface area (Å²) in [5, 5.41) is 10.5. The lowest BCUT2D eigenvalue weighted by molar-refractivity contribution is 0.0745. The van der Waals surface area contributed by atoms with Crippen molar-refractivity contribution < 1.29 is 5.11 Å². The van der Waals surface area contributed by atoms with Gasteiger partial charge in [0.25, 0.3) is 0 Å². The van der Waals surface area contributed by atoms with Crippen LogP contribution in [0.3, 0.4) is 0 Å². The van der Waals surface area contributed by atoms with Crippen molar-refractivity contribution in [3.8, 4) is 0 Å². The topological polar surface area (TPSA) is 36.4 Å². The van der Waals surface area contributed by atoms with E-state index in [9.17, 15) is 5.11 Å². The summed E-state index contributed by atoms with van der Waals surface area (Å²) in [6.07, 6.45) is 1.52. The maximum Gasteiger partial charge on any atom is 0.153 e. The van der Waals surface area contributed by atoms with Gasteiger partial charge in [0.2, 0.25) is 0 Å². The van der Waals surface area contributed by atoms with Crippen LogP contribution >= 0.6 is 24.0 Å². The number of thiocarbonyl (C=S) groups is 1. The Balaban J connectivity index is 2.39. The molecule has 1 N–H and O–H groups in total. The van der Waals surface area contributed by atoms with Gasteiger partial charge in [0.15, 0.2) is 5.72 Å². The van der Waals surface area contributed by atoms with Crippen LogP contribution in [0.1, 0.15) is 26.0 Å². The molecule has 1 aliphatic rings. The Bertz CT molecular complexity index is 438. The zero-order valence-corrected chi connectivity index (χ0v) is 11.6. The minimum absolute atomic E-state index is 0.611. The van der Waals surface area contributed by atoms with Crippen molar-refractivity contribution in [3.05, 3.63) is 23.9 Å². The van der Waals surface area contributed by atoms with Gasteiger partial charge in [0.1, 0.15) is 10.1 Å². The molecule has 1 aliphatic heterocycles. The van der Waals surface area contributed by atoms with E-state index >= 15 is 0 Å². The van der Waals surface area contributed by atoms with Crippen LogP contribution in [-0.4, -0.2) is 25.9 Å². The third-order valence-corrected chi connectivity index (χ3v) is 4.55. The number of thioether (sulfide) groups is 1. The summed E-state index contributed by atoms with van der Waals surface area (Å²) < 4.78 is 0.704. The molecular weight excluding hydrogens is 252 g/mol. The number of rotatable bonds is 3. The van der Waals surface area contributed by atoms with Crippen molar-refractivity contribution in [3.63, 3.8) is 0 Å². The van der Waals surface area contributed by atoms with E-state index in [1.807, 2.05) is 25.1 Å². The SMILES string of the molecule is CCc1cccc(N2C(=S)SCC2(O)CC)n1. The molecule has 0 aliphatic carbocycles. The average molecular weight is 268 g/mol. The first-order chi connectivity index (χ1) is 8.10. The Labute approximate surface area is 111 Å². The molecule has 5 heteroatoms. The Morgan fingerprint density at radius 3 is 2.94 bits per heavy atom. The standard InChI is InChI=1S/C12H16N2OS2/c1-3-9-6-5-7-10(13-9)14-11(16)17-8-12(14,15)4-2/h5-7,15H,3-4,8H2,1-2H3. The minimum Gasteiger partial charge on any atom is -0.370 e. The highest BCUT2D eigenvalue weighted by atomic mass is 32.2. The summed E-state index contributed by atoms with van der Waals surface area (Å²) in [6.45, 7) is 4.03. The first kappa shape index (κ1) is 12.8. The van der Waals surface area contributed by atoms with Crippen LogP contribution in [-0.2, 0) is 6.42 Å². The largest absolute Gasteiger partial charge is 0.370 e. The van der Waals surface area contributed by atoms with Crippen molar-refractivity contribution in [1.82, 2.24) is 4.98 Å². The van der Waals surface area contributed by atoms with Crippen molar-refractivity contribution >= 4 is 34.1 Å². The van der Waals surface area contributed by atoms with Crippen LogP contribution < -0.4 is 4.90 Å². The molecule has 1 fully saturated rings. The monoisotopic (exact) mass is 268 g/mol. The molecule has 1 saturated heterocycles. The number of nitrogens with zero attached hydrogens (tertiary/aromatic N) is 2. The fourth-order valence-corrected chi connectivity index (χ4v) is 3.35. The summed E-state index contributed by atoms with van der Waals surface area (Å²) in [5.41, 5.74) is 0.127. The molecule has 1 aromatic heterocycles. The second kappa shape index (κ2) is 4.92. The number of hydrogen-bond donors (Lipinski definition) is 1. The van der Waals surface area contributed by atoms with Gasteiger partial charge in [0, 0.05) is 11.4 Å². The van der Waals surface area contributed by atoms with Gasteiger partial charge >= 0.3 is 0 Å². The zero-order valence-electron chi connectivity index (χ0n) is 10.0. The summed E-state index contributed by atoms with van der Waals surface area (Å²) in [4.78, 5) is 6.32.